The average Bonchev–Trinajstić information content (AvgIpc) is 3.54. The van der Waals surface area contributed by atoms with Crippen LogP contribution in [0.5, 0.6) is 0 Å². The summed E-state index contributed by atoms with van der Waals surface area (Å²) < 4.78 is 1.76. The number of carbonyl (C=O) groups is 1. The monoisotopic (exact) mass is 461 g/mol. The molecule has 3 aromatic carbocycles. The summed E-state index contributed by atoms with van der Waals surface area (Å²) >= 11 is 1.60. The zero-order valence-corrected chi connectivity index (χ0v) is 18.9. The van der Waals surface area contributed by atoms with Crippen molar-refractivity contribution in [1.29, 1.82) is 0 Å². The first-order valence-corrected chi connectivity index (χ1v) is 11.8. The Labute approximate surface area is 199 Å². The summed E-state index contributed by atoms with van der Waals surface area (Å²) in [5.74, 6) is 0.655. The first-order chi connectivity index (χ1) is 16.7. The Morgan fingerprint density at radius 2 is 1.76 bits per heavy atom. The van der Waals surface area contributed by atoms with Crippen molar-refractivity contribution in [1.82, 2.24) is 19.8 Å². The molecule has 0 bridgehead atoms. The third-order valence-electron chi connectivity index (χ3n) is 5.68. The molecule has 34 heavy (non-hydrogen) atoms. The van der Waals surface area contributed by atoms with Gasteiger partial charge in [0.15, 0.2) is 11.5 Å². The molecule has 1 amide bonds. The molecule has 0 aliphatic heterocycles. The molecule has 0 atom stereocenters. The van der Waals surface area contributed by atoms with Gasteiger partial charge in [-0.15, -0.1) is 21.5 Å². The number of hydrogen-bond donors (Lipinski definition) is 1. The van der Waals surface area contributed by atoms with Crippen molar-refractivity contribution in [3.8, 4) is 22.0 Å². The van der Waals surface area contributed by atoms with Crippen LogP contribution in [0, 0.1) is 0 Å². The van der Waals surface area contributed by atoms with Gasteiger partial charge in [-0.1, -0.05) is 60.7 Å². The molecule has 6 rings (SSSR count). The summed E-state index contributed by atoms with van der Waals surface area (Å²) in [4.78, 5) is 13.8. The molecule has 0 aliphatic carbocycles. The average molecular weight is 462 g/mol. The van der Waals surface area contributed by atoms with Crippen molar-refractivity contribution in [2.45, 2.75) is 6.42 Å². The van der Waals surface area contributed by atoms with Gasteiger partial charge in [-0.05, 0) is 52.0 Å². The van der Waals surface area contributed by atoms with Crippen LogP contribution in [0.4, 0.5) is 5.69 Å². The van der Waals surface area contributed by atoms with Gasteiger partial charge < -0.3 is 5.32 Å². The molecule has 3 aromatic heterocycles. The topological polar surface area (TPSA) is 72.2 Å². The molecule has 7 heteroatoms. The maximum absolute atomic E-state index is 12.8. The van der Waals surface area contributed by atoms with Crippen molar-refractivity contribution in [2.24, 2.45) is 0 Å². The van der Waals surface area contributed by atoms with E-state index in [-0.39, 0.29) is 5.91 Å². The van der Waals surface area contributed by atoms with Crippen molar-refractivity contribution in [2.75, 3.05) is 5.32 Å². The molecular formula is C27H19N5OS. The van der Waals surface area contributed by atoms with E-state index >= 15 is 0 Å². The second-order valence-electron chi connectivity index (χ2n) is 7.93. The molecule has 6 nitrogen and oxygen atoms in total. The quantitative estimate of drug-likeness (QED) is 0.349. The van der Waals surface area contributed by atoms with Gasteiger partial charge in [-0.25, -0.2) is 0 Å². The molecule has 6 aromatic rings. The predicted octanol–water partition coefficient (Wildman–Crippen LogP) is 5.85. The Morgan fingerprint density at radius 1 is 0.882 bits per heavy atom. The van der Waals surface area contributed by atoms with Crippen molar-refractivity contribution >= 4 is 39.4 Å². The van der Waals surface area contributed by atoms with Crippen LogP contribution in [0.2, 0.25) is 0 Å². The predicted molar refractivity (Wildman–Crippen MR) is 136 cm³/mol. The zero-order valence-electron chi connectivity index (χ0n) is 18.1. The summed E-state index contributed by atoms with van der Waals surface area (Å²) in [5.41, 5.74) is 4.09. The third kappa shape index (κ3) is 3.82. The number of fused-ring (bicyclic) bond motifs is 2. The van der Waals surface area contributed by atoms with E-state index in [9.17, 15) is 4.79 Å². The van der Waals surface area contributed by atoms with Gasteiger partial charge in [0.1, 0.15) is 0 Å². The minimum Gasteiger partial charge on any atom is -0.326 e. The number of anilines is 1. The standard InChI is InChI=1S/C27H19N5OS/c33-26(17-19-8-3-7-18-6-1-2-11-22(18)19)28-21-10-4-9-20(16-21)23-13-14-25-29-30-27(32(25)31-23)24-12-5-15-34-24/h1-16H,17H2,(H,28,33). The Balaban J connectivity index is 1.26. The first kappa shape index (κ1) is 20.3. The molecule has 164 valence electrons. The molecule has 0 aliphatic rings. The Morgan fingerprint density at radius 3 is 2.68 bits per heavy atom. The SMILES string of the molecule is O=C(Cc1cccc2ccccc12)Nc1cccc(-c2ccc3nnc(-c4cccs4)n3n2)c1. The van der Waals surface area contributed by atoms with Crippen LogP contribution < -0.4 is 5.32 Å². The number of rotatable bonds is 5. The molecule has 0 saturated carbocycles. The largest absolute Gasteiger partial charge is 0.326 e. The summed E-state index contributed by atoms with van der Waals surface area (Å²) in [5, 5.41) is 20.6. The van der Waals surface area contributed by atoms with E-state index < -0.39 is 0 Å². The van der Waals surface area contributed by atoms with E-state index in [0.717, 1.165) is 38.2 Å². The summed E-state index contributed by atoms with van der Waals surface area (Å²) in [7, 11) is 0. The van der Waals surface area contributed by atoms with E-state index in [4.69, 9.17) is 5.10 Å². The minimum absolute atomic E-state index is 0.0595. The van der Waals surface area contributed by atoms with Crippen LogP contribution in [0.15, 0.2) is 96.4 Å². The molecule has 0 radical (unpaired) electrons. The maximum atomic E-state index is 12.8. The summed E-state index contributed by atoms with van der Waals surface area (Å²) in [6.45, 7) is 0. The van der Waals surface area contributed by atoms with Crippen LogP contribution in [0.1, 0.15) is 5.56 Å². The Hall–Kier alpha value is -4.36. The zero-order chi connectivity index (χ0) is 22.9. The number of nitrogens with one attached hydrogen (secondary N) is 1. The van der Waals surface area contributed by atoms with Crippen molar-refractivity contribution in [3.63, 3.8) is 0 Å². The van der Waals surface area contributed by atoms with Crippen LogP contribution in [-0.2, 0) is 11.2 Å². The summed E-state index contributed by atoms with van der Waals surface area (Å²) in [6.07, 6.45) is 0.306. The normalized spacial score (nSPS) is 11.2. The number of carbonyl (C=O) groups excluding carboxylic acids is 1. The van der Waals surface area contributed by atoms with Crippen molar-refractivity contribution in [3.05, 3.63) is 102 Å². The van der Waals surface area contributed by atoms with Gasteiger partial charge in [0.25, 0.3) is 0 Å². The fourth-order valence-corrected chi connectivity index (χ4v) is 4.78. The Kier molecular flexibility index (Phi) is 5.08. The highest BCUT2D eigenvalue weighted by Gasteiger charge is 2.12. The number of hydrogen-bond acceptors (Lipinski definition) is 5. The second kappa shape index (κ2) is 8.53. The van der Waals surface area contributed by atoms with Gasteiger partial charge in [0.05, 0.1) is 17.0 Å². The lowest BCUT2D eigenvalue weighted by Gasteiger charge is -2.09. The van der Waals surface area contributed by atoms with E-state index in [1.807, 2.05) is 78.2 Å². The van der Waals surface area contributed by atoms with Crippen LogP contribution in [-0.4, -0.2) is 25.7 Å². The third-order valence-corrected chi connectivity index (χ3v) is 6.54. The fourth-order valence-electron chi connectivity index (χ4n) is 4.08. The van der Waals surface area contributed by atoms with Gasteiger partial charge in [0, 0.05) is 11.3 Å². The maximum Gasteiger partial charge on any atom is 0.228 e. The lowest BCUT2D eigenvalue weighted by molar-refractivity contribution is -0.115. The molecule has 0 unspecified atom stereocenters. The number of benzene rings is 3. The van der Waals surface area contributed by atoms with Gasteiger partial charge >= 0.3 is 0 Å². The smallest absolute Gasteiger partial charge is 0.228 e. The van der Waals surface area contributed by atoms with Crippen molar-refractivity contribution < 1.29 is 4.79 Å². The van der Waals surface area contributed by atoms with Crippen LogP contribution in [0.3, 0.4) is 0 Å². The Bertz CT molecular complexity index is 1630. The van der Waals surface area contributed by atoms with Gasteiger partial charge in [0.2, 0.25) is 5.91 Å². The van der Waals surface area contributed by atoms with E-state index in [0.29, 0.717) is 17.9 Å². The molecule has 0 saturated heterocycles. The van der Waals surface area contributed by atoms with Crippen LogP contribution in [0.25, 0.3) is 38.4 Å². The fraction of sp³-hybridized carbons (Fsp3) is 0.0370. The van der Waals surface area contributed by atoms with Crippen LogP contribution >= 0.6 is 11.3 Å². The van der Waals surface area contributed by atoms with Gasteiger partial charge in [-0.3, -0.25) is 4.79 Å². The van der Waals surface area contributed by atoms with E-state index in [1.54, 1.807) is 15.9 Å². The highest BCUT2D eigenvalue weighted by atomic mass is 32.1. The van der Waals surface area contributed by atoms with E-state index in [2.05, 4.69) is 33.7 Å². The first-order valence-electron chi connectivity index (χ1n) is 10.9. The highest BCUT2D eigenvalue weighted by Crippen LogP contribution is 2.26. The van der Waals surface area contributed by atoms with Gasteiger partial charge in [-0.2, -0.15) is 9.61 Å². The highest BCUT2D eigenvalue weighted by molar-refractivity contribution is 7.13. The number of aromatic nitrogens is 4. The molecule has 3 heterocycles. The second-order valence-corrected chi connectivity index (χ2v) is 8.88. The number of thiophene rings is 1. The molecule has 0 spiro atoms. The number of nitrogens with zero attached hydrogens (tertiary/aromatic N) is 4. The lowest BCUT2D eigenvalue weighted by Crippen LogP contribution is -2.14. The molecule has 0 fully saturated rings. The summed E-state index contributed by atoms with van der Waals surface area (Å²) in [6, 6.07) is 29.7. The molecular weight excluding hydrogens is 442 g/mol. The lowest BCUT2D eigenvalue weighted by atomic mass is 10.0. The number of amides is 1. The van der Waals surface area contributed by atoms with E-state index in [1.165, 1.54) is 0 Å². The molecule has 1 N–H and O–H groups in total. The minimum atomic E-state index is -0.0595.